The van der Waals surface area contributed by atoms with Crippen molar-refractivity contribution in [3.05, 3.63) is 35.9 Å². The van der Waals surface area contributed by atoms with Crippen LogP contribution in [0.5, 0.6) is 0 Å². The summed E-state index contributed by atoms with van der Waals surface area (Å²) in [7, 11) is 0. The highest BCUT2D eigenvalue weighted by atomic mass is 16.5. The molecule has 4 aliphatic rings. The first-order valence-corrected chi connectivity index (χ1v) is 8.30. The third kappa shape index (κ3) is 2.44. The van der Waals surface area contributed by atoms with Gasteiger partial charge in [-0.25, -0.2) is 0 Å². The van der Waals surface area contributed by atoms with Gasteiger partial charge >= 0.3 is 5.97 Å². The molecule has 3 atom stereocenters. The fourth-order valence-corrected chi connectivity index (χ4v) is 4.90. The molecule has 0 amide bonds. The first-order chi connectivity index (χ1) is 10.6. The molecule has 0 radical (unpaired) electrons. The van der Waals surface area contributed by atoms with Crippen LogP contribution in [0.2, 0.25) is 0 Å². The lowest BCUT2D eigenvalue weighted by atomic mass is 9.66. The molecule has 0 aromatic heterocycles. The van der Waals surface area contributed by atoms with Crippen LogP contribution in [0.1, 0.15) is 12.5 Å². The molecule has 3 unspecified atom stereocenters. The Bertz CT molecular complexity index is 543. The number of benzene rings is 1. The normalized spacial score (nSPS) is 39.5. The van der Waals surface area contributed by atoms with E-state index in [0.717, 1.165) is 45.7 Å². The number of carbonyl (C=O) groups is 1. The van der Waals surface area contributed by atoms with Gasteiger partial charge in [-0.1, -0.05) is 30.3 Å². The van der Waals surface area contributed by atoms with E-state index < -0.39 is 0 Å². The minimum Gasteiger partial charge on any atom is -0.461 e. The van der Waals surface area contributed by atoms with Gasteiger partial charge in [0, 0.05) is 57.5 Å². The van der Waals surface area contributed by atoms with Crippen LogP contribution in [0.3, 0.4) is 0 Å². The quantitative estimate of drug-likeness (QED) is 0.790. The molecular formula is C18H24N2O2. The number of hydrogen-bond acceptors (Lipinski definition) is 4. The SMILES string of the molecule is CC(=O)OC1C2CN3CCN(C2)CC1(Cc1ccccc1)C3. The number of hydrogen-bond donors (Lipinski definition) is 0. The molecule has 5 rings (SSSR count). The summed E-state index contributed by atoms with van der Waals surface area (Å²) in [6.45, 7) is 8.10. The molecular weight excluding hydrogens is 276 g/mol. The van der Waals surface area contributed by atoms with E-state index in [1.54, 1.807) is 6.92 Å². The van der Waals surface area contributed by atoms with Crippen LogP contribution in [0.4, 0.5) is 0 Å². The Morgan fingerprint density at radius 1 is 1.18 bits per heavy atom. The molecule has 1 aromatic carbocycles. The number of piperidine rings is 2. The predicted octanol–water partition coefficient (Wildman–Crippen LogP) is 1.41. The minimum atomic E-state index is -0.131. The molecule has 4 nitrogen and oxygen atoms in total. The molecule has 4 saturated heterocycles. The Kier molecular flexibility index (Phi) is 3.46. The first kappa shape index (κ1) is 14.2. The summed E-state index contributed by atoms with van der Waals surface area (Å²) in [6, 6.07) is 10.7. The van der Waals surface area contributed by atoms with Crippen LogP contribution in [0.15, 0.2) is 30.3 Å². The molecule has 0 aliphatic carbocycles. The zero-order valence-electron chi connectivity index (χ0n) is 13.2. The Morgan fingerprint density at radius 3 is 2.41 bits per heavy atom. The molecule has 4 aliphatic heterocycles. The van der Waals surface area contributed by atoms with Gasteiger partial charge in [0.15, 0.2) is 0 Å². The van der Waals surface area contributed by atoms with Crippen LogP contribution in [0.25, 0.3) is 0 Å². The van der Waals surface area contributed by atoms with Crippen LogP contribution in [0, 0.1) is 11.3 Å². The number of nitrogens with zero attached hydrogens (tertiary/aromatic N) is 2. The van der Waals surface area contributed by atoms with Crippen LogP contribution in [-0.2, 0) is 16.0 Å². The zero-order valence-corrected chi connectivity index (χ0v) is 13.2. The van der Waals surface area contributed by atoms with Gasteiger partial charge in [0.05, 0.1) is 0 Å². The van der Waals surface area contributed by atoms with E-state index in [0.29, 0.717) is 5.92 Å². The maximum atomic E-state index is 11.7. The molecule has 4 fully saturated rings. The predicted molar refractivity (Wildman–Crippen MR) is 84.5 cm³/mol. The highest BCUT2D eigenvalue weighted by Gasteiger charge is 2.55. The van der Waals surface area contributed by atoms with Crippen molar-refractivity contribution in [2.24, 2.45) is 11.3 Å². The van der Waals surface area contributed by atoms with Gasteiger partial charge in [-0.05, 0) is 12.0 Å². The van der Waals surface area contributed by atoms with Crippen molar-refractivity contribution < 1.29 is 9.53 Å². The number of ether oxygens (including phenoxy) is 1. The average molecular weight is 300 g/mol. The number of carbonyl (C=O) groups excluding carboxylic acids is 1. The Morgan fingerprint density at radius 2 is 1.82 bits per heavy atom. The summed E-state index contributed by atoms with van der Waals surface area (Å²) in [4.78, 5) is 16.8. The Balaban J connectivity index is 1.69. The van der Waals surface area contributed by atoms with E-state index in [4.69, 9.17) is 4.74 Å². The number of rotatable bonds is 3. The van der Waals surface area contributed by atoms with Crippen LogP contribution in [-0.4, -0.2) is 61.1 Å². The van der Waals surface area contributed by atoms with Gasteiger partial charge in [0.25, 0.3) is 0 Å². The summed E-state index contributed by atoms with van der Waals surface area (Å²) in [6.07, 6.45) is 1.06. The first-order valence-electron chi connectivity index (χ1n) is 8.30. The van der Waals surface area contributed by atoms with Crippen molar-refractivity contribution in [3.8, 4) is 0 Å². The van der Waals surface area contributed by atoms with Gasteiger partial charge in [-0.2, -0.15) is 0 Å². The van der Waals surface area contributed by atoms with Gasteiger partial charge in [-0.15, -0.1) is 0 Å². The monoisotopic (exact) mass is 300 g/mol. The van der Waals surface area contributed by atoms with Gasteiger partial charge in [0.2, 0.25) is 0 Å². The summed E-state index contributed by atoms with van der Waals surface area (Å²) >= 11 is 0. The van der Waals surface area contributed by atoms with E-state index >= 15 is 0 Å². The second-order valence-corrected chi connectivity index (χ2v) is 7.29. The Hall–Kier alpha value is -1.39. The van der Waals surface area contributed by atoms with Crippen molar-refractivity contribution in [2.75, 3.05) is 39.3 Å². The van der Waals surface area contributed by atoms with E-state index in [1.807, 2.05) is 0 Å². The van der Waals surface area contributed by atoms with Crippen molar-refractivity contribution >= 4 is 5.97 Å². The second-order valence-electron chi connectivity index (χ2n) is 7.29. The van der Waals surface area contributed by atoms with E-state index in [1.165, 1.54) is 5.56 Å². The molecule has 0 N–H and O–H groups in total. The fourth-order valence-electron chi connectivity index (χ4n) is 4.90. The smallest absolute Gasteiger partial charge is 0.302 e. The standard InChI is InChI=1S/C18H24N2O2/c1-14(21)22-17-16-10-19-7-8-20(11-16)13-18(17,12-19)9-15-5-3-2-4-6-15/h2-6,16-17H,7-13H2,1H3. The largest absolute Gasteiger partial charge is 0.461 e. The number of esters is 1. The summed E-state index contributed by atoms with van der Waals surface area (Å²) < 4.78 is 5.87. The topological polar surface area (TPSA) is 32.8 Å². The van der Waals surface area contributed by atoms with Crippen LogP contribution >= 0.6 is 0 Å². The molecule has 4 heteroatoms. The maximum Gasteiger partial charge on any atom is 0.302 e. The third-order valence-electron chi connectivity index (χ3n) is 5.52. The van der Waals surface area contributed by atoms with E-state index in [9.17, 15) is 4.79 Å². The van der Waals surface area contributed by atoms with Crippen molar-refractivity contribution in [3.63, 3.8) is 0 Å². The summed E-state index contributed by atoms with van der Waals surface area (Å²) in [5.41, 5.74) is 1.40. The average Bonchev–Trinajstić information content (AvgIpc) is 2.72. The van der Waals surface area contributed by atoms with Gasteiger partial charge in [0.1, 0.15) is 6.10 Å². The van der Waals surface area contributed by atoms with Crippen molar-refractivity contribution in [1.29, 1.82) is 0 Å². The Labute approximate surface area is 132 Å². The highest BCUT2D eigenvalue weighted by Crippen LogP contribution is 2.44. The minimum absolute atomic E-state index is 0.0463. The molecule has 22 heavy (non-hydrogen) atoms. The highest BCUT2D eigenvalue weighted by molar-refractivity contribution is 5.66. The van der Waals surface area contributed by atoms with Gasteiger partial charge in [-0.3, -0.25) is 4.79 Å². The summed E-state index contributed by atoms with van der Waals surface area (Å²) in [5, 5.41) is 0. The molecule has 0 saturated carbocycles. The molecule has 4 bridgehead atoms. The van der Waals surface area contributed by atoms with Gasteiger partial charge < -0.3 is 14.5 Å². The zero-order chi connectivity index (χ0) is 15.2. The van der Waals surface area contributed by atoms with Crippen molar-refractivity contribution in [1.82, 2.24) is 9.80 Å². The third-order valence-corrected chi connectivity index (χ3v) is 5.52. The van der Waals surface area contributed by atoms with E-state index in [-0.39, 0.29) is 17.5 Å². The lowest BCUT2D eigenvalue weighted by Crippen LogP contribution is -2.65. The molecule has 1 aromatic rings. The fraction of sp³-hybridized carbons (Fsp3) is 0.611. The second kappa shape index (κ2) is 5.36. The van der Waals surface area contributed by atoms with Crippen LogP contribution < -0.4 is 0 Å². The molecule has 4 heterocycles. The maximum absolute atomic E-state index is 11.7. The summed E-state index contributed by atoms with van der Waals surface area (Å²) in [5.74, 6) is 0.325. The lowest BCUT2D eigenvalue weighted by molar-refractivity contribution is -0.176. The number of fused-ring (bicyclic) bond motifs is 1. The molecule has 0 spiro atoms. The van der Waals surface area contributed by atoms with Crippen molar-refractivity contribution in [2.45, 2.75) is 19.4 Å². The molecule has 118 valence electrons. The van der Waals surface area contributed by atoms with E-state index in [2.05, 4.69) is 40.1 Å². The lowest BCUT2D eigenvalue weighted by Gasteiger charge is -2.54.